The van der Waals surface area contributed by atoms with E-state index in [2.05, 4.69) is 9.71 Å². The lowest BCUT2D eigenvalue weighted by molar-refractivity contribution is 0.313. The van der Waals surface area contributed by atoms with Crippen LogP contribution in [0.2, 0.25) is 0 Å². The van der Waals surface area contributed by atoms with Crippen LogP contribution in [-0.2, 0) is 22.9 Å². The average molecular weight is 460 g/mol. The monoisotopic (exact) mass is 459 g/mol. The van der Waals surface area contributed by atoms with Crippen molar-refractivity contribution in [3.05, 3.63) is 87.5 Å². The predicted octanol–water partition coefficient (Wildman–Crippen LogP) is 3.14. The number of sulfonamides is 1. The summed E-state index contributed by atoms with van der Waals surface area (Å²) < 4.78 is 55.6. The molecule has 0 saturated heterocycles. The van der Waals surface area contributed by atoms with E-state index in [4.69, 9.17) is 0 Å². The summed E-state index contributed by atoms with van der Waals surface area (Å²) >= 11 is 0. The summed E-state index contributed by atoms with van der Waals surface area (Å²) in [5, 5.41) is 0. The summed E-state index contributed by atoms with van der Waals surface area (Å²) in [6, 6.07) is 11.0. The molecule has 168 valence electrons. The van der Waals surface area contributed by atoms with Gasteiger partial charge in [0.2, 0.25) is 10.0 Å². The molecule has 1 N–H and O–H groups in total. The first-order chi connectivity index (χ1) is 15.1. The van der Waals surface area contributed by atoms with Crippen LogP contribution in [0.4, 0.5) is 8.78 Å². The summed E-state index contributed by atoms with van der Waals surface area (Å²) in [5.74, 6) is -1.40. The Labute approximate surface area is 185 Å². The fraction of sp³-hybridized carbons (Fsp3) is 0.304. The standard InChI is InChI=1S/C23H23F2N3O3S/c1-14-6-7-19-8-9-21(27-32(2,30)31)22(28(19)23(14)29)13-18-4-3-5-20(26-18)15-10-16(24)12-17(25)11-15/h3-7,10-12,21-22,27H,8-9,13H2,1-2H3/t21-,22-/m0/s1. The molecule has 0 bridgehead atoms. The molecular weight excluding hydrogens is 436 g/mol. The molecule has 1 aliphatic heterocycles. The average Bonchev–Trinajstić information content (AvgIpc) is 2.71. The fourth-order valence-electron chi connectivity index (χ4n) is 4.25. The highest BCUT2D eigenvalue weighted by Gasteiger charge is 2.32. The zero-order valence-electron chi connectivity index (χ0n) is 17.7. The Hall–Kier alpha value is -2.91. The van der Waals surface area contributed by atoms with E-state index in [1.165, 1.54) is 12.1 Å². The minimum absolute atomic E-state index is 0.171. The first kappa shape index (κ1) is 22.3. The molecule has 0 fully saturated rings. The van der Waals surface area contributed by atoms with Gasteiger partial charge in [-0.2, -0.15) is 0 Å². The van der Waals surface area contributed by atoms with E-state index < -0.39 is 33.7 Å². The number of rotatable bonds is 5. The first-order valence-corrected chi connectivity index (χ1v) is 12.1. The van der Waals surface area contributed by atoms with Gasteiger partial charge in [-0.1, -0.05) is 12.1 Å². The Morgan fingerprint density at radius 3 is 2.53 bits per heavy atom. The fourth-order valence-corrected chi connectivity index (χ4v) is 5.08. The third kappa shape index (κ3) is 4.78. The van der Waals surface area contributed by atoms with Crippen LogP contribution in [-0.4, -0.2) is 30.3 Å². The molecule has 4 rings (SSSR count). The number of pyridine rings is 2. The zero-order valence-corrected chi connectivity index (χ0v) is 18.5. The molecule has 0 unspecified atom stereocenters. The van der Waals surface area contributed by atoms with Crippen LogP contribution >= 0.6 is 0 Å². The third-order valence-corrected chi connectivity index (χ3v) is 6.38. The Morgan fingerprint density at radius 2 is 1.84 bits per heavy atom. The quantitative estimate of drug-likeness (QED) is 0.636. The molecule has 2 aromatic heterocycles. The maximum Gasteiger partial charge on any atom is 0.253 e. The van der Waals surface area contributed by atoms with Crippen molar-refractivity contribution in [3.8, 4) is 11.3 Å². The molecule has 3 heterocycles. The second-order valence-corrected chi connectivity index (χ2v) is 9.94. The molecule has 32 heavy (non-hydrogen) atoms. The van der Waals surface area contributed by atoms with E-state index in [9.17, 15) is 22.0 Å². The van der Waals surface area contributed by atoms with Crippen LogP contribution in [0.3, 0.4) is 0 Å². The summed E-state index contributed by atoms with van der Waals surface area (Å²) in [7, 11) is -3.50. The molecule has 9 heteroatoms. The van der Waals surface area contributed by atoms with E-state index in [1.807, 2.05) is 6.07 Å². The second kappa shape index (κ2) is 8.55. The second-order valence-electron chi connectivity index (χ2n) is 8.16. The van der Waals surface area contributed by atoms with Gasteiger partial charge in [0.25, 0.3) is 5.56 Å². The van der Waals surface area contributed by atoms with Gasteiger partial charge in [-0.05, 0) is 50.1 Å². The smallest absolute Gasteiger partial charge is 0.253 e. The van der Waals surface area contributed by atoms with Gasteiger partial charge >= 0.3 is 0 Å². The third-order valence-electron chi connectivity index (χ3n) is 5.65. The predicted molar refractivity (Wildman–Crippen MR) is 118 cm³/mol. The number of benzene rings is 1. The van der Waals surface area contributed by atoms with E-state index in [0.29, 0.717) is 35.4 Å². The number of hydrogen-bond acceptors (Lipinski definition) is 4. The van der Waals surface area contributed by atoms with Gasteiger partial charge in [-0.15, -0.1) is 0 Å². The molecule has 2 atom stereocenters. The molecule has 3 aromatic rings. The topological polar surface area (TPSA) is 81.1 Å². The molecule has 1 aliphatic rings. The van der Waals surface area contributed by atoms with Gasteiger partial charge in [0, 0.05) is 41.0 Å². The van der Waals surface area contributed by atoms with Crippen LogP contribution < -0.4 is 10.3 Å². The van der Waals surface area contributed by atoms with Gasteiger partial charge in [-0.25, -0.2) is 21.9 Å². The van der Waals surface area contributed by atoms with E-state index in [-0.39, 0.29) is 12.0 Å². The number of nitrogens with one attached hydrogen (secondary N) is 1. The van der Waals surface area contributed by atoms with Crippen molar-refractivity contribution in [1.82, 2.24) is 14.3 Å². The van der Waals surface area contributed by atoms with Crippen molar-refractivity contribution in [2.75, 3.05) is 6.26 Å². The molecule has 0 radical (unpaired) electrons. The SMILES string of the molecule is Cc1ccc2n(c1=O)[C@@H](Cc1cccc(-c3cc(F)cc(F)c3)n1)[C@@H](NS(C)(=O)=O)CC2. The van der Waals surface area contributed by atoms with E-state index in [0.717, 1.165) is 18.0 Å². The highest BCUT2D eigenvalue weighted by atomic mass is 32.2. The highest BCUT2D eigenvalue weighted by Crippen LogP contribution is 2.28. The Bertz CT molecular complexity index is 1320. The summed E-state index contributed by atoms with van der Waals surface area (Å²) in [6.07, 6.45) is 2.47. The number of hydrogen-bond donors (Lipinski definition) is 1. The number of nitrogens with zero attached hydrogens (tertiary/aromatic N) is 2. The lowest BCUT2D eigenvalue weighted by Gasteiger charge is -2.35. The Kier molecular flexibility index (Phi) is 5.96. The molecule has 0 aliphatic carbocycles. The Morgan fingerprint density at radius 1 is 1.12 bits per heavy atom. The summed E-state index contributed by atoms with van der Waals surface area (Å²) in [6.45, 7) is 1.72. The summed E-state index contributed by atoms with van der Waals surface area (Å²) in [5.41, 5.74) is 2.50. The summed E-state index contributed by atoms with van der Waals surface area (Å²) in [4.78, 5) is 17.5. The molecule has 0 saturated carbocycles. The minimum Gasteiger partial charge on any atom is -0.307 e. The molecule has 0 amide bonds. The number of aryl methyl sites for hydroxylation is 2. The normalized spacial score (nSPS) is 18.4. The zero-order chi connectivity index (χ0) is 23.0. The first-order valence-electron chi connectivity index (χ1n) is 10.2. The maximum absolute atomic E-state index is 13.7. The van der Waals surface area contributed by atoms with Crippen molar-refractivity contribution in [1.29, 1.82) is 0 Å². The van der Waals surface area contributed by atoms with Crippen molar-refractivity contribution >= 4 is 10.0 Å². The lowest BCUT2D eigenvalue weighted by Crippen LogP contribution is -2.48. The van der Waals surface area contributed by atoms with E-state index in [1.54, 1.807) is 35.8 Å². The van der Waals surface area contributed by atoms with E-state index >= 15 is 0 Å². The number of halogens is 2. The molecular formula is C23H23F2N3O3S. The number of fused-ring (bicyclic) bond motifs is 1. The van der Waals surface area contributed by atoms with Crippen molar-refractivity contribution in [3.63, 3.8) is 0 Å². The largest absolute Gasteiger partial charge is 0.307 e. The van der Waals surface area contributed by atoms with Crippen molar-refractivity contribution < 1.29 is 17.2 Å². The van der Waals surface area contributed by atoms with Gasteiger partial charge < -0.3 is 4.57 Å². The molecule has 1 aromatic carbocycles. The van der Waals surface area contributed by atoms with Crippen LogP contribution in [0.15, 0.2) is 53.3 Å². The highest BCUT2D eigenvalue weighted by molar-refractivity contribution is 7.88. The molecule has 6 nitrogen and oxygen atoms in total. The minimum atomic E-state index is -3.50. The maximum atomic E-state index is 13.7. The van der Waals surface area contributed by atoms with Crippen LogP contribution in [0, 0.1) is 18.6 Å². The van der Waals surface area contributed by atoms with Crippen LogP contribution in [0.25, 0.3) is 11.3 Å². The van der Waals surface area contributed by atoms with Crippen LogP contribution in [0.5, 0.6) is 0 Å². The molecule has 0 spiro atoms. The number of aromatic nitrogens is 2. The van der Waals surface area contributed by atoms with Gasteiger partial charge in [0.05, 0.1) is 18.0 Å². The van der Waals surface area contributed by atoms with Crippen molar-refractivity contribution in [2.45, 2.75) is 38.3 Å². The van der Waals surface area contributed by atoms with Crippen molar-refractivity contribution in [2.24, 2.45) is 0 Å². The van der Waals surface area contributed by atoms with Gasteiger partial charge in [-0.3, -0.25) is 9.78 Å². The Balaban J connectivity index is 1.76. The van der Waals surface area contributed by atoms with Gasteiger partial charge in [0.15, 0.2) is 0 Å². The van der Waals surface area contributed by atoms with Gasteiger partial charge in [0.1, 0.15) is 11.6 Å². The van der Waals surface area contributed by atoms with Crippen LogP contribution in [0.1, 0.15) is 29.4 Å². The lowest BCUT2D eigenvalue weighted by atomic mass is 9.92.